The molecule has 2 aromatic rings. The summed E-state index contributed by atoms with van der Waals surface area (Å²) in [7, 11) is 0. The lowest BCUT2D eigenvalue weighted by Crippen LogP contribution is -2.39. The van der Waals surface area contributed by atoms with Crippen LogP contribution in [0.1, 0.15) is 29.9 Å². The smallest absolute Gasteiger partial charge is 0.126 e. The molecule has 1 fully saturated rings. The lowest BCUT2D eigenvalue weighted by atomic mass is 9.75. The van der Waals surface area contributed by atoms with E-state index in [0.29, 0.717) is 24.3 Å². The third-order valence-electron chi connectivity index (χ3n) is 4.06. The van der Waals surface area contributed by atoms with Crippen molar-refractivity contribution in [3.05, 3.63) is 65.5 Å². The van der Waals surface area contributed by atoms with Crippen LogP contribution in [-0.4, -0.2) is 11.1 Å². The van der Waals surface area contributed by atoms with Gasteiger partial charge in [-0.1, -0.05) is 36.4 Å². The van der Waals surface area contributed by atoms with Gasteiger partial charge in [0.15, 0.2) is 0 Å². The quantitative estimate of drug-likeness (QED) is 0.891. The molecule has 2 aromatic carbocycles. The van der Waals surface area contributed by atoms with Crippen molar-refractivity contribution in [1.82, 2.24) is 5.32 Å². The number of phenols is 1. The highest BCUT2D eigenvalue weighted by atomic mass is 19.1. The number of nitrogens with one attached hydrogen (secondary N) is 1. The topological polar surface area (TPSA) is 32.3 Å². The van der Waals surface area contributed by atoms with Gasteiger partial charge in [-0.05, 0) is 36.5 Å². The molecule has 3 rings (SSSR count). The zero-order valence-electron chi connectivity index (χ0n) is 11.2. The number of hydrogen-bond acceptors (Lipinski definition) is 2. The first-order valence-corrected chi connectivity index (χ1v) is 6.98. The Labute approximate surface area is 118 Å². The number of hydrogen-bond donors (Lipinski definition) is 2. The molecule has 0 unspecified atom stereocenters. The second-order valence-corrected chi connectivity index (χ2v) is 5.40. The monoisotopic (exact) mass is 271 g/mol. The average molecular weight is 271 g/mol. The molecule has 0 aromatic heterocycles. The number of aromatic hydroxyl groups is 1. The Hall–Kier alpha value is -1.87. The Bertz CT molecular complexity index is 590. The minimum absolute atomic E-state index is 0.100. The highest BCUT2D eigenvalue weighted by molar-refractivity contribution is 5.31. The minimum Gasteiger partial charge on any atom is -0.508 e. The van der Waals surface area contributed by atoms with Crippen molar-refractivity contribution in [2.24, 2.45) is 0 Å². The van der Waals surface area contributed by atoms with Crippen molar-refractivity contribution in [3.8, 4) is 5.75 Å². The van der Waals surface area contributed by atoms with Crippen molar-refractivity contribution >= 4 is 0 Å². The van der Waals surface area contributed by atoms with E-state index in [0.717, 1.165) is 24.0 Å². The molecule has 104 valence electrons. The van der Waals surface area contributed by atoms with Crippen LogP contribution in [0.25, 0.3) is 0 Å². The Morgan fingerprint density at radius 3 is 2.50 bits per heavy atom. The van der Waals surface area contributed by atoms with E-state index >= 15 is 0 Å². The van der Waals surface area contributed by atoms with Gasteiger partial charge in [0, 0.05) is 18.2 Å². The number of para-hydroxylation sites is 1. The summed E-state index contributed by atoms with van der Waals surface area (Å²) in [5.74, 6) is 0.541. The lowest BCUT2D eigenvalue weighted by Gasteiger charge is -2.36. The summed E-state index contributed by atoms with van der Waals surface area (Å²) >= 11 is 0. The number of benzene rings is 2. The van der Waals surface area contributed by atoms with Crippen molar-refractivity contribution in [3.63, 3.8) is 0 Å². The van der Waals surface area contributed by atoms with Gasteiger partial charge in [-0.15, -0.1) is 0 Å². The molecular formula is C17H18FNO. The van der Waals surface area contributed by atoms with Crippen molar-refractivity contribution < 1.29 is 9.50 Å². The molecular weight excluding hydrogens is 253 g/mol. The molecule has 1 saturated carbocycles. The van der Waals surface area contributed by atoms with E-state index in [-0.39, 0.29) is 5.82 Å². The molecule has 0 heterocycles. The third-order valence-corrected chi connectivity index (χ3v) is 4.06. The van der Waals surface area contributed by atoms with Gasteiger partial charge in [-0.25, -0.2) is 4.39 Å². The summed E-state index contributed by atoms with van der Waals surface area (Å²) in [6.45, 7) is 0.654. The first-order chi connectivity index (χ1) is 9.74. The molecule has 0 aliphatic heterocycles. The van der Waals surface area contributed by atoms with Crippen LogP contribution in [-0.2, 0) is 6.54 Å². The third kappa shape index (κ3) is 2.68. The Balaban J connectivity index is 1.52. The highest BCUT2D eigenvalue weighted by Gasteiger charge is 2.31. The molecule has 3 heteroatoms. The predicted octanol–water partition coefficient (Wildman–Crippen LogP) is 3.57. The van der Waals surface area contributed by atoms with E-state index in [2.05, 4.69) is 5.32 Å². The summed E-state index contributed by atoms with van der Waals surface area (Å²) in [6.07, 6.45) is 1.91. The maximum atomic E-state index is 13.6. The van der Waals surface area contributed by atoms with E-state index in [1.165, 1.54) is 6.07 Å². The van der Waals surface area contributed by atoms with Gasteiger partial charge >= 0.3 is 0 Å². The molecule has 1 aliphatic carbocycles. The van der Waals surface area contributed by atoms with E-state index in [1.807, 2.05) is 30.3 Å². The van der Waals surface area contributed by atoms with Gasteiger partial charge in [0.05, 0.1) is 0 Å². The van der Waals surface area contributed by atoms with Gasteiger partial charge in [0.1, 0.15) is 11.6 Å². The summed E-state index contributed by atoms with van der Waals surface area (Å²) in [4.78, 5) is 0. The average Bonchev–Trinajstić information content (AvgIpc) is 2.41. The van der Waals surface area contributed by atoms with Gasteiger partial charge < -0.3 is 10.4 Å². The van der Waals surface area contributed by atoms with Gasteiger partial charge in [-0.2, -0.15) is 0 Å². The molecule has 20 heavy (non-hydrogen) atoms. The highest BCUT2D eigenvalue weighted by Crippen LogP contribution is 2.38. The summed E-state index contributed by atoms with van der Waals surface area (Å²) in [5.41, 5.74) is 1.73. The van der Waals surface area contributed by atoms with Crippen LogP contribution in [0.2, 0.25) is 0 Å². The lowest BCUT2D eigenvalue weighted by molar-refractivity contribution is 0.283. The first kappa shape index (κ1) is 13.1. The maximum Gasteiger partial charge on any atom is 0.126 e. The fourth-order valence-electron chi connectivity index (χ4n) is 2.76. The van der Waals surface area contributed by atoms with E-state index in [9.17, 15) is 9.50 Å². The van der Waals surface area contributed by atoms with Crippen LogP contribution >= 0.6 is 0 Å². The standard InChI is InChI=1S/C17H18FNO/c18-16-7-3-2-6-15(16)13-9-14(10-13)19-11-12-5-1-4-8-17(12)20/h1-8,13-14,19-20H,9-11H2. The fourth-order valence-corrected chi connectivity index (χ4v) is 2.76. The first-order valence-electron chi connectivity index (χ1n) is 6.98. The van der Waals surface area contributed by atoms with Crippen LogP contribution in [0.15, 0.2) is 48.5 Å². The zero-order valence-corrected chi connectivity index (χ0v) is 11.2. The number of rotatable bonds is 4. The van der Waals surface area contributed by atoms with Gasteiger partial charge in [0.2, 0.25) is 0 Å². The van der Waals surface area contributed by atoms with E-state index in [4.69, 9.17) is 0 Å². The van der Waals surface area contributed by atoms with Crippen molar-refractivity contribution in [1.29, 1.82) is 0 Å². The van der Waals surface area contributed by atoms with Crippen molar-refractivity contribution in [2.45, 2.75) is 31.3 Å². The number of halogens is 1. The van der Waals surface area contributed by atoms with Crippen LogP contribution < -0.4 is 5.32 Å². The molecule has 2 N–H and O–H groups in total. The minimum atomic E-state index is -0.100. The molecule has 2 nitrogen and oxygen atoms in total. The summed E-state index contributed by atoms with van der Waals surface area (Å²) < 4.78 is 13.6. The molecule has 0 amide bonds. The molecule has 1 aliphatic rings. The molecule has 0 saturated heterocycles. The predicted molar refractivity (Wildman–Crippen MR) is 77.1 cm³/mol. The van der Waals surface area contributed by atoms with Crippen LogP contribution in [0.3, 0.4) is 0 Å². The zero-order chi connectivity index (χ0) is 13.9. The van der Waals surface area contributed by atoms with Gasteiger partial charge in [-0.3, -0.25) is 0 Å². The molecule has 0 atom stereocenters. The molecule has 0 spiro atoms. The normalized spacial score (nSPS) is 21.4. The second-order valence-electron chi connectivity index (χ2n) is 5.40. The molecule has 0 bridgehead atoms. The Morgan fingerprint density at radius 2 is 1.75 bits per heavy atom. The SMILES string of the molecule is Oc1ccccc1CNC1CC(c2ccccc2F)C1. The fraction of sp³-hybridized carbons (Fsp3) is 0.294. The Kier molecular flexibility index (Phi) is 3.70. The van der Waals surface area contributed by atoms with Crippen LogP contribution in [0.5, 0.6) is 5.75 Å². The van der Waals surface area contributed by atoms with Crippen LogP contribution in [0, 0.1) is 5.82 Å². The van der Waals surface area contributed by atoms with E-state index in [1.54, 1.807) is 12.1 Å². The van der Waals surface area contributed by atoms with E-state index < -0.39 is 0 Å². The van der Waals surface area contributed by atoms with Crippen LogP contribution in [0.4, 0.5) is 4.39 Å². The Morgan fingerprint density at radius 1 is 1.05 bits per heavy atom. The largest absolute Gasteiger partial charge is 0.508 e. The molecule has 0 radical (unpaired) electrons. The maximum absolute atomic E-state index is 13.6. The summed E-state index contributed by atoms with van der Waals surface area (Å²) in [5, 5.41) is 13.1. The van der Waals surface area contributed by atoms with Crippen molar-refractivity contribution in [2.75, 3.05) is 0 Å². The number of phenolic OH excluding ortho intramolecular Hbond substituents is 1. The second kappa shape index (κ2) is 5.63. The van der Waals surface area contributed by atoms with Gasteiger partial charge in [0.25, 0.3) is 0 Å². The summed E-state index contributed by atoms with van der Waals surface area (Å²) in [6, 6.07) is 14.8.